The first-order valence-corrected chi connectivity index (χ1v) is 10.7. The first kappa shape index (κ1) is 21.9. The van der Waals surface area contributed by atoms with Crippen molar-refractivity contribution in [1.82, 2.24) is 25.2 Å². The zero-order valence-electron chi connectivity index (χ0n) is 17.8. The first-order valence-electron chi connectivity index (χ1n) is 10.7. The number of carbonyl (C=O) groups is 2. The van der Waals surface area contributed by atoms with Crippen LogP contribution in [0.2, 0.25) is 0 Å². The molecule has 2 saturated heterocycles. The first-order chi connectivity index (χ1) is 16.2. The summed E-state index contributed by atoms with van der Waals surface area (Å²) in [4.78, 5) is 29.1. The van der Waals surface area contributed by atoms with E-state index < -0.39 is 6.36 Å². The molecule has 2 fully saturated rings. The second-order valence-corrected chi connectivity index (χ2v) is 8.45. The van der Waals surface area contributed by atoms with E-state index in [2.05, 4.69) is 20.1 Å². The lowest BCUT2D eigenvalue weighted by atomic mass is 10.0. The van der Waals surface area contributed by atoms with Crippen LogP contribution < -0.4 is 4.74 Å². The number of rotatable bonds is 4. The molecule has 0 aliphatic carbocycles. The molecular formula is C23H20F3N5O3. The molecule has 0 spiro atoms. The number of hydrogen-bond donors (Lipinski definition) is 1. The van der Waals surface area contributed by atoms with Crippen molar-refractivity contribution in [3.8, 4) is 5.75 Å². The van der Waals surface area contributed by atoms with Crippen LogP contribution in [0.25, 0.3) is 17.1 Å². The lowest BCUT2D eigenvalue weighted by Crippen LogP contribution is -2.35. The van der Waals surface area contributed by atoms with Gasteiger partial charge in [-0.15, -0.1) is 13.2 Å². The fraction of sp³-hybridized carbons (Fsp3) is 0.304. The molecule has 5 rings (SSSR count). The number of amides is 2. The Balaban J connectivity index is 1.17. The topological polar surface area (TPSA) is 91.4 Å². The van der Waals surface area contributed by atoms with Gasteiger partial charge in [0.15, 0.2) is 0 Å². The van der Waals surface area contributed by atoms with Gasteiger partial charge in [0.1, 0.15) is 16.8 Å². The van der Waals surface area contributed by atoms with Crippen molar-refractivity contribution in [2.24, 2.45) is 11.8 Å². The van der Waals surface area contributed by atoms with Crippen LogP contribution in [0.1, 0.15) is 15.9 Å². The largest absolute Gasteiger partial charge is 0.573 e. The van der Waals surface area contributed by atoms with E-state index in [0.717, 1.165) is 0 Å². The van der Waals surface area contributed by atoms with Gasteiger partial charge in [0.05, 0.1) is 0 Å². The lowest BCUT2D eigenvalue weighted by molar-refractivity contribution is -0.274. The molecule has 3 aromatic rings. The molecule has 0 bridgehead atoms. The Morgan fingerprint density at radius 1 is 0.971 bits per heavy atom. The van der Waals surface area contributed by atoms with Gasteiger partial charge in [0.25, 0.3) is 5.91 Å². The van der Waals surface area contributed by atoms with Crippen LogP contribution in [0.15, 0.2) is 48.5 Å². The molecule has 176 valence electrons. The van der Waals surface area contributed by atoms with Crippen molar-refractivity contribution < 1.29 is 27.5 Å². The minimum absolute atomic E-state index is 0.0713. The summed E-state index contributed by atoms with van der Waals surface area (Å²) < 4.78 is 41.1. The number of H-pyrrole nitrogens is 1. The van der Waals surface area contributed by atoms with Crippen LogP contribution in [0, 0.1) is 11.8 Å². The van der Waals surface area contributed by atoms with E-state index in [-0.39, 0.29) is 29.4 Å². The Labute approximate surface area is 192 Å². The van der Waals surface area contributed by atoms with Gasteiger partial charge in [-0.1, -0.05) is 12.1 Å². The normalized spacial score (nSPS) is 20.3. The molecule has 34 heavy (non-hydrogen) atoms. The Hall–Kier alpha value is -3.89. The molecule has 2 aliphatic heterocycles. The third-order valence-corrected chi connectivity index (χ3v) is 6.16. The zero-order valence-corrected chi connectivity index (χ0v) is 17.8. The average molecular weight is 471 g/mol. The van der Waals surface area contributed by atoms with Crippen molar-refractivity contribution in [3.05, 3.63) is 59.7 Å². The van der Waals surface area contributed by atoms with Gasteiger partial charge in [-0.05, 0) is 42.0 Å². The fourth-order valence-corrected chi connectivity index (χ4v) is 4.58. The number of likely N-dealkylation sites (tertiary alicyclic amines) is 2. The van der Waals surface area contributed by atoms with Crippen molar-refractivity contribution in [1.29, 1.82) is 0 Å². The summed E-state index contributed by atoms with van der Waals surface area (Å²) in [6.07, 6.45) is -1.96. The molecule has 1 N–H and O–H groups in total. The van der Waals surface area contributed by atoms with Crippen LogP contribution in [0.3, 0.4) is 0 Å². The van der Waals surface area contributed by atoms with Gasteiger partial charge in [-0.3, -0.25) is 9.59 Å². The molecule has 3 heterocycles. The molecule has 2 amide bonds. The van der Waals surface area contributed by atoms with Crippen LogP contribution in [0.4, 0.5) is 13.2 Å². The van der Waals surface area contributed by atoms with Gasteiger partial charge < -0.3 is 14.5 Å². The van der Waals surface area contributed by atoms with Gasteiger partial charge in [0, 0.05) is 49.7 Å². The molecule has 8 nitrogen and oxygen atoms in total. The van der Waals surface area contributed by atoms with Crippen molar-refractivity contribution >= 4 is 28.9 Å². The zero-order chi connectivity index (χ0) is 23.9. The predicted octanol–water partition coefficient (Wildman–Crippen LogP) is 3.10. The summed E-state index contributed by atoms with van der Waals surface area (Å²) in [5.41, 5.74) is 2.30. The summed E-state index contributed by atoms with van der Waals surface area (Å²) in [6.45, 7) is 2.17. The number of carbonyl (C=O) groups excluding carboxylic acids is 2. The highest BCUT2D eigenvalue weighted by molar-refractivity contribution is 5.97. The Morgan fingerprint density at radius 2 is 1.68 bits per heavy atom. The van der Waals surface area contributed by atoms with Gasteiger partial charge in [0.2, 0.25) is 5.91 Å². The lowest BCUT2D eigenvalue weighted by Gasteiger charge is -2.21. The number of nitrogens with one attached hydrogen (secondary N) is 1. The van der Waals surface area contributed by atoms with Crippen LogP contribution in [0.5, 0.6) is 5.75 Å². The maximum atomic E-state index is 12.9. The Kier molecular flexibility index (Phi) is 5.46. The number of ether oxygens (including phenoxy) is 1. The Morgan fingerprint density at radius 3 is 2.41 bits per heavy atom. The number of benzene rings is 2. The van der Waals surface area contributed by atoms with Gasteiger partial charge in [-0.2, -0.15) is 15.4 Å². The van der Waals surface area contributed by atoms with Crippen molar-refractivity contribution in [2.45, 2.75) is 6.36 Å². The van der Waals surface area contributed by atoms with Crippen molar-refractivity contribution in [2.75, 3.05) is 26.2 Å². The standard InChI is InChI=1S/C23H20F3N5O3/c24-23(25,26)34-18-3-1-2-14(8-18)4-7-21(32)30-10-16-12-31(13-17(16)11-30)22(33)15-5-6-19-20(9-15)28-29-27-19/h1-9,16-17H,10-13H2,(H,27,28,29)/b7-4+/t16-,17-/m1/s1. The van der Waals surface area contributed by atoms with Gasteiger partial charge in [-0.25, -0.2) is 0 Å². The SMILES string of the molecule is O=C(/C=C/c1cccc(OC(F)(F)F)c1)N1C[C@@H]2CN(C(=O)c3ccc4n[nH]nc4c3)C[C@H]2C1. The van der Waals surface area contributed by atoms with E-state index in [1.165, 1.54) is 30.4 Å². The maximum absolute atomic E-state index is 12.9. The summed E-state index contributed by atoms with van der Waals surface area (Å²) >= 11 is 0. The van der Waals surface area contributed by atoms with Crippen LogP contribution >= 0.6 is 0 Å². The highest BCUT2D eigenvalue weighted by atomic mass is 19.4. The fourth-order valence-electron chi connectivity index (χ4n) is 4.58. The van der Waals surface area contributed by atoms with E-state index in [1.807, 2.05) is 0 Å². The third-order valence-electron chi connectivity index (χ3n) is 6.16. The quantitative estimate of drug-likeness (QED) is 0.591. The second-order valence-electron chi connectivity index (χ2n) is 8.45. The Bertz CT molecular complexity index is 1260. The van der Waals surface area contributed by atoms with E-state index in [0.29, 0.717) is 48.3 Å². The number of fused-ring (bicyclic) bond motifs is 2. The van der Waals surface area contributed by atoms with E-state index in [9.17, 15) is 22.8 Å². The third kappa shape index (κ3) is 4.59. The molecule has 11 heteroatoms. The monoisotopic (exact) mass is 471 g/mol. The van der Waals surface area contributed by atoms with Gasteiger partial charge >= 0.3 is 6.36 Å². The highest BCUT2D eigenvalue weighted by Gasteiger charge is 2.42. The van der Waals surface area contributed by atoms with Crippen LogP contribution in [-0.4, -0.2) is 69.6 Å². The molecule has 0 unspecified atom stereocenters. The number of alkyl halides is 3. The molecule has 2 atom stereocenters. The number of aromatic nitrogens is 3. The molecular weight excluding hydrogens is 451 g/mol. The summed E-state index contributed by atoms with van der Waals surface area (Å²) in [7, 11) is 0. The molecule has 1 aromatic heterocycles. The molecule has 2 aromatic carbocycles. The predicted molar refractivity (Wildman–Crippen MR) is 116 cm³/mol. The van der Waals surface area contributed by atoms with Crippen molar-refractivity contribution in [3.63, 3.8) is 0 Å². The molecule has 0 saturated carbocycles. The second kappa shape index (κ2) is 8.47. The highest BCUT2D eigenvalue weighted by Crippen LogP contribution is 2.32. The summed E-state index contributed by atoms with van der Waals surface area (Å²) in [6, 6.07) is 10.6. The molecule has 0 radical (unpaired) electrons. The summed E-state index contributed by atoms with van der Waals surface area (Å²) in [5, 5.41) is 10.5. The number of aromatic amines is 1. The van der Waals surface area contributed by atoms with Crippen LogP contribution in [-0.2, 0) is 4.79 Å². The minimum Gasteiger partial charge on any atom is -0.406 e. The maximum Gasteiger partial charge on any atom is 0.573 e. The smallest absolute Gasteiger partial charge is 0.406 e. The molecule has 2 aliphatic rings. The number of hydrogen-bond acceptors (Lipinski definition) is 5. The average Bonchev–Trinajstić information content (AvgIpc) is 3.50. The number of nitrogens with zero attached hydrogens (tertiary/aromatic N) is 4. The van der Waals surface area contributed by atoms with E-state index in [4.69, 9.17) is 0 Å². The van der Waals surface area contributed by atoms with E-state index >= 15 is 0 Å². The van der Waals surface area contributed by atoms with E-state index in [1.54, 1.807) is 34.1 Å². The number of halogens is 3. The minimum atomic E-state index is -4.77. The summed E-state index contributed by atoms with van der Waals surface area (Å²) in [5.74, 6) is -0.268.